The number of halogens is 4. The molecule has 2 aromatic heterocycles. The molecule has 9 heteroatoms. The van der Waals surface area contributed by atoms with Crippen LogP contribution in [0.15, 0.2) is 67.0 Å². The van der Waals surface area contributed by atoms with Gasteiger partial charge in [0, 0.05) is 18.1 Å². The van der Waals surface area contributed by atoms with E-state index >= 15 is 0 Å². The van der Waals surface area contributed by atoms with Crippen LogP contribution in [-0.2, 0) is 6.18 Å². The van der Waals surface area contributed by atoms with Gasteiger partial charge in [-0.05, 0) is 55.0 Å². The van der Waals surface area contributed by atoms with E-state index in [2.05, 4.69) is 25.6 Å². The Morgan fingerprint density at radius 2 is 1.61 bits per heavy atom. The average molecular weight is 427 g/mol. The summed E-state index contributed by atoms with van der Waals surface area (Å²) >= 11 is 0. The van der Waals surface area contributed by atoms with Gasteiger partial charge in [-0.2, -0.15) is 18.2 Å². The minimum atomic E-state index is -4.41. The second-order valence-electron chi connectivity index (χ2n) is 6.91. The molecule has 2 aromatic carbocycles. The SMILES string of the molecule is C[C@H](Nc1nc(Nc2ccc(C(F)(F)F)cc2)c2cnccc2n1)c1ccc(F)cc1. The summed E-state index contributed by atoms with van der Waals surface area (Å²) in [4.78, 5) is 13.0. The van der Waals surface area contributed by atoms with Crippen LogP contribution < -0.4 is 10.6 Å². The lowest BCUT2D eigenvalue weighted by molar-refractivity contribution is -0.137. The molecule has 31 heavy (non-hydrogen) atoms. The molecule has 0 aliphatic carbocycles. The van der Waals surface area contributed by atoms with Crippen LogP contribution in [0.5, 0.6) is 0 Å². The van der Waals surface area contributed by atoms with Crippen molar-refractivity contribution in [2.45, 2.75) is 19.1 Å². The van der Waals surface area contributed by atoms with Gasteiger partial charge < -0.3 is 10.6 Å². The third-order valence-electron chi connectivity index (χ3n) is 4.69. The summed E-state index contributed by atoms with van der Waals surface area (Å²) in [5.41, 5.74) is 1.16. The number of nitrogens with zero attached hydrogens (tertiary/aromatic N) is 3. The fourth-order valence-corrected chi connectivity index (χ4v) is 3.04. The molecule has 0 bridgehead atoms. The smallest absolute Gasteiger partial charge is 0.348 e. The van der Waals surface area contributed by atoms with Crippen molar-refractivity contribution in [2.24, 2.45) is 0 Å². The largest absolute Gasteiger partial charge is 0.416 e. The van der Waals surface area contributed by atoms with E-state index in [1.807, 2.05) is 6.92 Å². The maximum Gasteiger partial charge on any atom is 0.416 e. The number of nitrogens with one attached hydrogen (secondary N) is 2. The highest BCUT2D eigenvalue weighted by molar-refractivity contribution is 5.91. The zero-order valence-electron chi connectivity index (χ0n) is 16.3. The van der Waals surface area contributed by atoms with Crippen molar-refractivity contribution in [1.82, 2.24) is 15.0 Å². The standard InChI is InChI=1S/C22H17F4N5/c1-13(14-2-6-16(23)7-3-14)28-21-30-19-10-11-27-12-18(19)20(31-21)29-17-8-4-15(5-9-17)22(24,25)26/h2-13H,1H3,(H2,28,29,30,31)/t13-/m0/s1. The summed E-state index contributed by atoms with van der Waals surface area (Å²) in [6.45, 7) is 1.89. The molecule has 0 spiro atoms. The highest BCUT2D eigenvalue weighted by atomic mass is 19.4. The Morgan fingerprint density at radius 1 is 0.903 bits per heavy atom. The summed E-state index contributed by atoms with van der Waals surface area (Å²) < 4.78 is 51.6. The van der Waals surface area contributed by atoms with Gasteiger partial charge in [-0.15, -0.1) is 0 Å². The van der Waals surface area contributed by atoms with Crippen LogP contribution in [0.25, 0.3) is 10.9 Å². The third kappa shape index (κ3) is 4.71. The number of hydrogen-bond acceptors (Lipinski definition) is 5. The molecule has 5 nitrogen and oxygen atoms in total. The van der Waals surface area contributed by atoms with E-state index < -0.39 is 11.7 Å². The molecule has 0 amide bonds. The van der Waals surface area contributed by atoms with Gasteiger partial charge in [0.15, 0.2) is 0 Å². The molecule has 2 N–H and O–H groups in total. The van der Waals surface area contributed by atoms with Crippen LogP contribution in [0.1, 0.15) is 24.1 Å². The first-order valence-electron chi connectivity index (χ1n) is 9.37. The van der Waals surface area contributed by atoms with E-state index in [9.17, 15) is 17.6 Å². The van der Waals surface area contributed by atoms with Crippen molar-refractivity contribution in [3.8, 4) is 0 Å². The molecule has 2 heterocycles. The number of fused-ring (bicyclic) bond motifs is 1. The Bertz CT molecular complexity index is 1190. The van der Waals surface area contributed by atoms with Crippen LogP contribution in [0, 0.1) is 5.82 Å². The van der Waals surface area contributed by atoms with Gasteiger partial charge in [0.25, 0.3) is 0 Å². The number of benzene rings is 2. The Labute approximate surface area is 175 Å². The normalized spacial score (nSPS) is 12.5. The molecular formula is C22H17F4N5. The zero-order valence-corrected chi connectivity index (χ0v) is 16.3. The Morgan fingerprint density at radius 3 is 2.29 bits per heavy atom. The summed E-state index contributed by atoms with van der Waals surface area (Å²) in [7, 11) is 0. The molecule has 0 radical (unpaired) electrons. The quantitative estimate of drug-likeness (QED) is 0.377. The monoisotopic (exact) mass is 427 g/mol. The van der Waals surface area contributed by atoms with Crippen molar-refractivity contribution >= 4 is 28.4 Å². The number of hydrogen-bond donors (Lipinski definition) is 2. The zero-order chi connectivity index (χ0) is 22.0. The first-order valence-corrected chi connectivity index (χ1v) is 9.37. The predicted molar refractivity (Wildman–Crippen MR) is 110 cm³/mol. The molecule has 0 unspecified atom stereocenters. The van der Waals surface area contributed by atoms with E-state index in [1.165, 1.54) is 24.3 Å². The molecule has 0 saturated heterocycles. The van der Waals surface area contributed by atoms with E-state index in [4.69, 9.17) is 0 Å². The van der Waals surface area contributed by atoms with Crippen molar-refractivity contribution < 1.29 is 17.6 Å². The van der Waals surface area contributed by atoms with Gasteiger partial charge in [-0.25, -0.2) is 9.37 Å². The molecule has 0 saturated carbocycles. The minimum Gasteiger partial charge on any atom is -0.348 e. The van der Waals surface area contributed by atoms with Crippen LogP contribution in [0.2, 0.25) is 0 Å². The molecular weight excluding hydrogens is 410 g/mol. The number of aromatic nitrogens is 3. The van der Waals surface area contributed by atoms with Crippen LogP contribution in [0.4, 0.5) is 35.0 Å². The molecule has 4 aromatic rings. The van der Waals surface area contributed by atoms with Crippen LogP contribution in [0.3, 0.4) is 0 Å². The third-order valence-corrected chi connectivity index (χ3v) is 4.69. The fourth-order valence-electron chi connectivity index (χ4n) is 3.04. The maximum absolute atomic E-state index is 13.2. The molecule has 1 atom stereocenters. The number of pyridine rings is 1. The highest BCUT2D eigenvalue weighted by Gasteiger charge is 2.30. The van der Waals surface area contributed by atoms with E-state index in [0.29, 0.717) is 28.4 Å². The average Bonchev–Trinajstić information content (AvgIpc) is 2.74. The van der Waals surface area contributed by atoms with Gasteiger partial charge in [0.2, 0.25) is 5.95 Å². The van der Waals surface area contributed by atoms with Crippen molar-refractivity contribution in [3.63, 3.8) is 0 Å². The van der Waals surface area contributed by atoms with Crippen molar-refractivity contribution in [1.29, 1.82) is 0 Å². The van der Waals surface area contributed by atoms with E-state index in [0.717, 1.165) is 17.7 Å². The molecule has 0 aliphatic heterocycles. The van der Waals surface area contributed by atoms with Crippen molar-refractivity contribution in [3.05, 3.63) is 83.9 Å². The first-order chi connectivity index (χ1) is 14.8. The van der Waals surface area contributed by atoms with E-state index in [1.54, 1.807) is 30.6 Å². The van der Waals surface area contributed by atoms with Crippen molar-refractivity contribution in [2.75, 3.05) is 10.6 Å². The maximum atomic E-state index is 13.2. The Balaban J connectivity index is 1.64. The van der Waals surface area contributed by atoms with Gasteiger partial charge in [0.05, 0.1) is 22.5 Å². The van der Waals surface area contributed by atoms with Gasteiger partial charge in [-0.1, -0.05) is 12.1 Å². The summed E-state index contributed by atoms with van der Waals surface area (Å²) in [6.07, 6.45) is -1.24. The topological polar surface area (TPSA) is 62.7 Å². The first kappa shape index (κ1) is 20.5. The van der Waals surface area contributed by atoms with Gasteiger partial charge >= 0.3 is 6.18 Å². The fraction of sp³-hybridized carbons (Fsp3) is 0.136. The molecule has 0 aliphatic rings. The second kappa shape index (κ2) is 8.17. The summed E-state index contributed by atoms with van der Waals surface area (Å²) in [6, 6.07) is 12.2. The lowest BCUT2D eigenvalue weighted by atomic mass is 10.1. The molecule has 0 fully saturated rings. The lowest BCUT2D eigenvalue weighted by Crippen LogP contribution is -2.11. The molecule has 158 valence electrons. The van der Waals surface area contributed by atoms with E-state index in [-0.39, 0.29) is 11.9 Å². The highest BCUT2D eigenvalue weighted by Crippen LogP contribution is 2.31. The number of alkyl halides is 3. The molecule has 4 rings (SSSR count). The Hall–Kier alpha value is -3.75. The van der Waals surface area contributed by atoms with Crippen LogP contribution in [-0.4, -0.2) is 15.0 Å². The number of rotatable bonds is 5. The summed E-state index contributed by atoms with van der Waals surface area (Å²) in [5.74, 6) is 0.380. The Kier molecular flexibility index (Phi) is 5.41. The van der Waals surface area contributed by atoms with Gasteiger partial charge in [0.1, 0.15) is 11.6 Å². The van der Waals surface area contributed by atoms with Gasteiger partial charge in [-0.3, -0.25) is 4.98 Å². The van der Waals surface area contributed by atoms with Crippen LogP contribution >= 0.6 is 0 Å². The lowest BCUT2D eigenvalue weighted by Gasteiger charge is -2.16. The summed E-state index contributed by atoms with van der Waals surface area (Å²) in [5, 5.41) is 6.82. The minimum absolute atomic E-state index is 0.209. The number of anilines is 3. The second-order valence-corrected chi connectivity index (χ2v) is 6.91. The predicted octanol–water partition coefficient (Wildman–Crippen LogP) is 6.10.